The summed E-state index contributed by atoms with van der Waals surface area (Å²) in [6.45, 7) is 4.26. The third-order valence-corrected chi connectivity index (χ3v) is 5.75. The normalized spacial score (nSPS) is 15.1. The van der Waals surface area contributed by atoms with Gasteiger partial charge in [-0.25, -0.2) is 14.4 Å². The lowest BCUT2D eigenvalue weighted by atomic mass is 10.0. The van der Waals surface area contributed by atoms with E-state index in [9.17, 15) is 4.79 Å². The lowest BCUT2D eigenvalue weighted by Gasteiger charge is -2.17. The molecule has 1 aromatic carbocycles. The third-order valence-electron chi connectivity index (χ3n) is 5.48. The zero-order chi connectivity index (χ0) is 25.7. The average Bonchev–Trinajstić information content (AvgIpc) is 3.40. The number of ether oxygens (including phenoxy) is 4. The van der Waals surface area contributed by atoms with E-state index in [2.05, 4.69) is 15.3 Å². The molecule has 0 amide bonds. The first-order valence-corrected chi connectivity index (χ1v) is 12.0. The number of hydrogen-bond donors (Lipinski definition) is 1. The van der Waals surface area contributed by atoms with E-state index < -0.39 is 11.8 Å². The van der Waals surface area contributed by atoms with Crippen molar-refractivity contribution in [3.8, 4) is 34.4 Å². The predicted molar refractivity (Wildman–Crippen MR) is 132 cm³/mol. The molecule has 0 spiro atoms. The van der Waals surface area contributed by atoms with Crippen LogP contribution >= 0.6 is 11.6 Å². The standard InChI is InChI=1S/C26H27ClFN3O5/c1-15(2)35-25-20(27)11-17(13-31-25)36-23-12-21(28)16(14-34-26(32)22-7-5-8-29-22)10-19(23)18-6-4-9-30-24(18)33-3/h4,6,9-13,15,22,29H,5,7-8,14H2,1-3H3. The van der Waals surface area contributed by atoms with Gasteiger partial charge in [0, 0.05) is 35.0 Å². The number of methoxy groups -OCH3 is 1. The molecule has 3 aromatic rings. The van der Waals surface area contributed by atoms with Crippen molar-refractivity contribution >= 4 is 17.6 Å². The number of hydrogen-bond acceptors (Lipinski definition) is 8. The van der Waals surface area contributed by atoms with E-state index in [1.165, 1.54) is 19.4 Å². The van der Waals surface area contributed by atoms with Gasteiger partial charge >= 0.3 is 5.97 Å². The van der Waals surface area contributed by atoms with Gasteiger partial charge in [0.05, 0.1) is 19.4 Å². The topological polar surface area (TPSA) is 91.8 Å². The lowest BCUT2D eigenvalue weighted by Crippen LogP contribution is -2.32. The summed E-state index contributed by atoms with van der Waals surface area (Å²) in [5.41, 5.74) is 1.25. The number of esters is 1. The van der Waals surface area contributed by atoms with Gasteiger partial charge in [-0.1, -0.05) is 11.6 Å². The molecule has 0 bridgehead atoms. The number of carbonyl (C=O) groups is 1. The molecular formula is C26H27ClFN3O5. The van der Waals surface area contributed by atoms with Gasteiger partial charge in [-0.3, -0.25) is 4.79 Å². The fraction of sp³-hybridized carbons (Fsp3) is 0.346. The van der Waals surface area contributed by atoms with Crippen molar-refractivity contribution in [2.24, 2.45) is 0 Å². The molecule has 1 aliphatic rings. The number of nitrogens with one attached hydrogen (secondary N) is 1. The highest BCUT2D eigenvalue weighted by molar-refractivity contribution is 6.31. The maximum Gasteiger partial charge on any atom is 0.323 e. The summed E-state index contributed by atoms with van der Waals surface area (Å²) in [4.78, 5) is 20.8. The minimum absolute atomic E-state index is 0.105. The second-order valence-corrected chi connectivity index (χ2v) is 8.89. The molecule has 1 saturated heterocycles. The Balaban J connectivity index is 1.67. The molecule has 2 aromatic heterocycles. The van der Waals surface area contributed by atoms with Crippen LogP contribution < -0.4 is 19.5 Å². The second-order valence-electron chi connectivity index (χ2n) is 8.48. The molecule has 0 radical (unpaired) electrons. The SMILES string of the molecule is COc1ncccc1-c1cc(COC(=O)C2CCCN2)c(F)cc1Oc1cnc(OC(C)C)c(Cl)c1. The molecule has 4 rings (SSSR count). The Morgan fingerprint density at radius 2 is 2.06 bits per heavy atom. The summed E-state index contributed by atoms with van der Waals surface area (Å²) < 4.78 is 37.5. The van der Waals surface area contributed by atoms with Gasteiger partial charge < -0.3 is 24.3 Å². The molecule has 1 N–H and O–H groups in total. The van der Waals surface area contributed by atoms with Crippen molar-refractivity contribution < 1.29 is 28.1 Å². The van der Waals surface area contributed by atoms with Crippen LogP contribution in [0.1, 0.15) is 32.3 Å². The molecule has 0 aliphatic carbocycles. The van der Waals surface area contributed by atoms with E-state index in [1.54, 1.807) is 30.5 Å². The average molecular weight is 516 g/mol. The Hall–Kier alpha value is -3.43. The predicted octanol–water partition coefficient (Wildman–Crippen LogP) is 5.32. The molecule has 1 atom stereocenters. The zero-order valence-corrected chi connectivity index (χ0v) is 21.0. The lowest BCUT2D eigenvalue weighted by molar-refractivity contribution is -0.147. The van der Waals surface area contributed by atoms with Crippen LogP contribution in [0.5, 0.6) is 23.3 Å². The fourth-order valence-electron chi connectivity index (χ4n) is 3.80. The number of rotatable bonds is 9. The Bertz CT molecular complexity index is 1230. The maximum absolute atomic E-state index is 15.2. The summed E-state index contributed by atoms with van der Waals surface area (Å²) in [5, 5.41) is 3.33. The quantitative estimate of drug-likeness (QED) is 0.383. The number of benzene rings is 1. The Morgan fingerprint density at radius 1 is 1.22 bits per heavy atom. The van der Waals surface area contributed by atoms with E-state index in [0.717, 1.165) is 13.0 Å². The minimum atomic E-state index is -0.595. The van der Waals surface area contributed by atoms with Crippen LogP contribution in [0.15, 0.2) is 42.7 Å². The largest absolute Gasteiger partial charge is 0.481 e. The number of pyridine rings is 2. The van der Waals surface area contributed by atoms with Crippen molar-refractivity contribution in [2.45, 2.75) is 45.4 Å². The molecule has 1 aliphatic heterocycles. The molecule has 1 unspecified atom stereocenters. The van der Waals surface area contributed by atoms with Gasteiger partial charge in [0.1, 0.15) is 35.0 Å². The van der Waals surface area contributed by atoms with Crippen LogP contribution in [0, 0.1) is 5.82 Å². The summed E-state index contributed by atoms with van der Waals surface area (Å²) in [6.07, 6.45) is 4.52. The zero-order valence-electron chi connectivity index (χ0n) is 20.2. The van der Waals surface area contributed by atoms with Crippen molar-refractivity contribution in [2.75, 3.05) is 13.7 Å². The van der Waals surface area contributed by atoms with Crippen molar-refractivity contribution in [1.29, 1.82) is 0 Å². The third kappa shape index (κ3) is 6.03. The first-order chi connectivity index (χ1) is 17.4. The van der Waals surface area contributed by atoms with Crippen molar-refractivity contribution in [3.05, 3.63) is 59.1 Å². The van der Waals surface area contributed by atoms with E-state index in [0.29, 0.717) is 23.4 Å². The highest BCUT2D eigenvalue weighted by atomic mass is 35.5. The van der Waals surface area contributed by atoms with Gasteiger partial charge in [0.15, 0.2) is 0 Å². The van der Waals surface area contributed by atoms with Crippen LogP contribution in [0.25, 0.3) is 11.1 Å². The highest BCUT2D eigenvalue weighted by Crippen LogP contribution is 2.40. The summed E-state index contributed by atoms with van der Waals surface area (Å²) in [6, 6.07) is 7.46. The molecule has 10 heteroatoms. The molecule has 1 fully saturated rings. The highest BCUT2D eigenvalue weighted by Gasteiger charge is 2.24. The van der Waals surface area contributed by atoms with E-state index >= 15 is 4.39 Å². The van der Waals surface area contributed by atoms with Gasteiger partial charge in [-0.15, -0.1) is 0 Å². The van der Waals surface area contributed by atoms with Gasteiger partial charge in [-0.05, 0) is 51.4 Å². The number of carbonyl (C=O) groups excluding carboxylic acids is 1. The fourth-order valence-corrected chi connectivity index (χ4v) is 4.00. The Morgan fingerprint density at radius 3 is 2.75 bits per heavy atom. The number of aromatic nitrogens is 2. The minimum Gasteiger partial charge on any atom is -0.481 e. The first kappa shape index (κ1) is 25.7. The smallest absolute Gasteiger partial charge is 0.323 e. The Kier molecular flexibility index (Phi) is 8.22. The number of halogens is 2. The van der Waals surface area contributed by atoms with Crippen LogP contribution in [-0.2, 0) is 16.1 Å². The van der Waals surface area contributed by atoms with Crippen LogP contribution in [0.4, 0.5) is 4.39 Å². The molecule has 190 valence electrons. The van der Waals surface area contributed by atoms with Crippen LogP contribution in [0.3, 0.4) is 0 Å². The van der Waals surface area contributed by atoms with E-state index in [4.69, 9.17) is 30.5 Å². The number of nitrogens with zero attached hydrogens (tertiary/aromatic N) is 2. The monoisotopic (exact) mass is 515 g/mol. The van der Waals surface area contributed by atoms with Crippen molar-refractivity contribution in [1.82, 2.24) is 15.3 Å². The molecule has 0 saturated carbocycles. The van der Waals surface area contributed by atoms with Gasteiger partial charge in [-0.2, -0.15) is 0 Å². The summed E-state index contributed by atoms with van der Waals surface area (Å²) in [7, 11) is 1.49. The first-order valence-electron chi connectivity index (χ1n) is 11.6. The van der Waals surface area contributed by atoms with Crippen LogP contribution in [-0.4, -0.2) is 41.7 Å². The molecule has 36 heavy (non-hydrogen) atoms. The summed E-state index contributed by atoms with van der Waals surface area (Å²) >= 11 is 6.30. The van der Waals surface area contributed by atoms with Gasteiger partial charge in [0.2, 0.25) is 11.8 Å². The maximum atomic E-state index is 15.2. The molecular weight excluding hydrogens is 489 g/mol. The van der Waals surface area contributed by atoms with E-state index in [1.807, 2.05) is 13.8 Å². The summed E-state index contributed by atoms with van der Waals surface area (Å²) in [5.74, 6) is 0.0600. The van der Waals surface area contributed by atoms with E-state index in [-0.39, 0.29) is 46.7 Å². The van der Waals surface area contributed by atoms with Crippen molar-refractivity contribution in [3.63, 3.8) is 0 Å². The molecule has 8 nitrogen and oxygen atoms in total. The van der Waals surface area contributed by atoms with Gasteiger partial charge in [0.25, 0.3) is 0 Å². The molecule has 3 heterocycles. The Labute approximate surface area is 213 Å². The second kappa shape index (κ2) is 11.5. The van der Waals surface area contributed by atoms with Crippen LogP contribution in [0.2, 0.25) is 5.02 Å².